The largest absolute Gasteiger partial charge is 0.455 e. The zero-order chi connectivity index (χ0) is 18.0. The molecule has 2 atom stereocenters. The Morgan fingerprint density at radius 3 is 2.68 bits per heavy atom. The van der Waals surface area contributed by atoms with Crippen molar-refractivity contribution in [3.05, 3.63) is 47.2 Å². The average Bonchev–Trinajstić information content (AvgIpc) is 3.23. The fourth-order valence-corrected chi connectivity index (χ4v) is 2.92. The molecule has 1 aromatic heterocycles. The summed E-state index contributed by atoms with van der Waals surface area (Å²) in [7, 11) is 1.92. The van der Waals surface area contributed by atoms with Gasteiger partial charge in [-0.1, -0.05) is 11.6 Å². The van der Waals surface area contributed by atoms with Crippen LogP contribution in [0.25, 0.3) is 11.3 Å². The fourth-order valence-electron chi connectivity index (χ4n) is 2.80. The Labute approximate surface area is 151 Å². The molecule has 132 valence electrons. The van der Waals surface area contributed by atoms with Crippen molar-refractivity contribution >= 4 is 23.5 Å². The summed E-state index contributed by atoms with van der Waals surface area (Å²) >= 11 is 5.90. The van der Waals surface area contributed by atoms with E-state index in [-0.39, 0.29) is 18.0 Å². The van der Waals surface area contributed by atoms with Gasteiger partial charge in [-0.05, 0) is 43.3 Å². The number of nitrogens with one attached hydrogen (secondary N) is 2. The first kappa shape index (κ1) is 17.5. The van der Waals surface area contributed by atoms with Crippen LogP contribution in [0.5, 0.6) is 0 Å². The molecule has 1 saturated heterocycles. The monoisotopic (exact) mass is 362 g/mol. The number of amides is 3. The van der Waals surface area contributed by atoms with Crippen LogP contribution in [-0.2, 0) is 11.3 Å². The zero-order valence-corrected chi connectivity index (χ0v) is 15.0. The lowest BCUT2D eigenvalue weighted by molar-refractivity contribution is -0.909. The molecule has 2 N–H and O–H groups in total. The zero-order valence-electron chi connectivity index (χ0n) is 14.2. The third kappa shape index (κ3) is 3.86. The maximum absolute atomic E-state index is 12.4. The molecule has 2 heterocycles. The number of hydrogen-bond donors (Lipinski definition) is 2. The molecular weight excluding hydrogens is 342 g/mol. The molecule has 0 bridgehead atoms. The second-order valence-electron chi connectivity index (χ2n) is 6.24. The van der Waals surface area contributed by atoms with E-state index in [9.17, 15) is 9.59 Å². The number of carbonyl (C=O) groups is 2. The van der Waals surface area contributed by atoms with E-state index >= 15 is 0 Å². The van der Waals surface area contributed by atoms with Gasteiger partial charge in [-0.25, -0.2) is 4.79 Å². The van der Waals surface area contributed by atoms with Gasteiger partial charge < -0.3 is 14.6 Å². The van der Waals surface area contributed by atoms with Crippen LogP contribution in [0.4, 0.5) is 4.79 Å². The number of imide groups is 1. The van der Waals surface area contributed by atoms with E-state index in [1.54, 1.807) is 0 Å². The molecular formula is C18H21ClN3O3+. The summed E-state index contributed by atoms with van der Waals surface area (Å²) in [4.78, 5) is 26.3. The van der Waals surface area contributed by atoms with E-state index in [1.807, 2.05) is 50.4 Å². The molecule has 25 heavy (non-hydrogen) atoms. The third-order valence-corrected chi connectivity index (χ3v) is 4.73. The van der Waals surface area contributed by atoms with E-state index in [4.69, 9.17) is 16.0 Å². The number of furan rings is 1. The van der Waals surface area contributed by atoms with Gasteiger partial charge in [-0.3, -0.25) is 9.69 Å². The Kier molecular flexibility index (Phi) is 5.11. The lowest BCUT2D eigenvalue weighted by Crippen LogP contribution is -3.12. The molecule has 6 nitrogen and oxygen atoms in total. The first-order chi connectivity index (χ1) is 12.0. The quantitative estimate of drug-likeness (QED) is 0.848. The number of rotatable bonds is 5. The summed E-state index contributed by atoms with van der Waals surface area (Å²) in [5.41, 5.74) is 0.950. The van der Waals surface area contributed by atoms with Gasteiger partial charge in [-0.2, -0.15) is 0 Å². The molecule has 0 radical (unpaired) electrons. The van der Waals surface area contributed by atoms with Crippen molar-refractivity contribution in [2.75, 3.05) is 20.1 Å². The number of carbonyl (C=O) groups excluding carboxylic acids is 2. The molecule has 0 spiro atoms. The van der Waals surface area contributed by atoms with Crippen molar-refractivity contribution < 1.29 is 18.9 Å². The number of likely N-dealkylation sites (N-methyl/N-ethyl adjacent to an activating group) is 1. The van der Waals surface area contributed by atoms with Crippen LogP contribution in [-0.4, -0.2) is 43.0 Å². The van der Waals surface area contributed by atoms with Gasteiger partial charge >= 0.3 is 6.03 Å². The highest BCUT2D eigenvalue weighted by molar-refractivity contribution is 6.30. The number of benzene rings is 1. The van der Waals surface area contributed by atoms with Gasteiger partial charge in [0.15, 0.2) is 11.8 Å². The maximum atomic E-state index is 12.4. The molecule has 1 unspecified atom stereocenters. The molecule has 1 aromatic carbocycles. The second kappa shape index (κ2) is 7.29. The maximum Gasteiger partial charge on any atom is 0.324 e. The molecule has 3 rings (SSSR count). The lowest BCUT2D eigenvalue weighted by Gasteiger charge is -2.23. The molecule has 0 saturated carbocycles. The van der Waals surface area contributed by atoms with Crippen molar-refractivity contribution in [2.45, 2.75) is 19.5 Å². The standard InChI is InChI=1S/C18H20ClN3O3/c1-12(17(23)22-10-9-20-18(22)24)21(2)11-15-7-8-16(25-15)13-3-5-14(19)6-4-13/h3-8,12H,9-11H2,1-2H3,(H,20,24)/p+1/t12-/m1/s1. The average molecular weight is 363 g/mol. The minimum absolute atomic E-state index is 0.169. The summed E-state index contributed by atoms with van der Waals surface area (Å²) in [5.74, 6) is 1.38. The Morgan fingerprint density at radius 1 is 1.32 bits per heavy atom. The number of nitrogens with zero attached hydrogens (tertiary/aromatic N) is 1. The van der Waals surface area contributed by atoms with Crippen LogP contribution >= 0.6 is 11.6 Å². The van der Waals surface area contributed by atoms with Crippen LogP contribution in [0, 0.1) is 0 Å². The Balaban J connectivity index is 1.64. The molecule has 0 aliphatic carbocycles. The molecule has 1 fully saturated rings. The SMILES string of the molecule is C[C@H](C(=O)N1CCNC1=O)[NH+](C)Cc1ccc(-c2ccc(Cl)cc2)o1. The van der Waals surface area contributed by atoms with Gasteiger partial charge in [0.2, 0.25) is 0 Å². The first-order valence-electron chi connectivity index (χ1n) is 8.22. The molecule has 3 amide bonds. The van der Waals surface area contributed by atoms with Gasteiger partial charge in [0.25, 0.3) is 5.91 Å². The molecule has 1 aliphatic heterocycles. The van der Waals surface area contributed by atoms with Gasteiger partial charge in [0, 0.05) is 23.7 Å². The summed E-state index contributed by atoms with van der Waals surface area (Å²) in [5, 5.41) is 3.33. The summed E-state index contributed by atoms with van der Waals surface area (Å²) in [6.07, 6.45) is 0. The number of quaternary nitrogens is 1. The van der Waals surface area contributed by atoms with E-state index in [0.29, 0.717) is 24.7 Å². The third-order valence-electron chi connectivity index (χ3n) is 4.48. The summed E-state index contributed by atoms with van der Waals surface area (Å²) in [6, 6.07) is 10.6. The Bertz CT molecular complexity index is 772. The van der Waals surface area contributed by atoms with Crippen molar-refractivity contribution in [3.63, 3.8) is 0 Å². The van der Waals surface area contributed by atoms with Crippen molar-refractivity contribution in [1.29, 1.82) is 0 Å². The minimum Gasteiger partial charge on any atom is -0.455 e. The van der Waals surface area contributed by atoms with E-state index in [1.165, 1.54) is 4.90 Å². The number of hydrogen-bond acceptors (Lipinski definition) is 3. The number of halogens is 1. The molecule has 1 aliphatic rings. The predicted octanol–water partition coefficient (Wildman–Crippen LogP) is 1.56. The smallest absolute Gasteiger partial charge is 0.324 e. The summed E-state index contributed by atoms with van der Waals surface area (Å²) < 4.78 is 5.89. The van der Waals surface area contributed by atoms with Crippen LogP contribution in [0.3, 0.4) is 0 Å². The molecule has 2 aromatic rings. The van der Waals surface area contributed by atoms with Crippen molar-refractivity contribution in [3.8, 4) is 11.3 Å². The predicted molar refractivity (Wildman–Crippen MR) is 94.3 cm³/mol. The van der Waals surface area contributed by atoms with Crippen molar-refractivity contribution in [1.82, 2.24) is 10.2 Å². The highest BCUT2D eigenvalue weighted by Gasteiger charge is 2.34. The van der Waals surface area contributed by atoms with Crippen molar-refractivity contribution in [2.24, 2.45) is 0 Å². The van der Waals surface area contributed by atoms with E-state index in [2.05, 4.69) is 5.32 Å². The van der Waals surface area contributed by atoms with E-state index < -0.39 is 0 Å². The van der Waals surface area contributed by atoms with E-state index in [0.717, 1.165) is 22.0 Å². The Morgan fingerprint density at radius 2 is 2.04 bits per heavy atom. The highest BCUT2D eigenvalue weighted by atomic mass is 35.5. The fraction of sp³-hybridized carbons (Fsp3) is 0.333. The normalized spacial score (nSPS) is 16.6. The topological polar surface area (TPSA) is 67.0 Å². The van der Waals surface area contributed by atoms with Crippen LogP contribution in [0.1, 0.15) is 12.7 Å². The second-order valence-corrected chi connectivity index (χ2v) is 6.68. The van der Waals surface area contributed by atoms with Crippen LogP contribution in [0.2, 0.25) is 5.02 Å². The van der Waals surface area contributed by atoms with Crippen LogP contribution < -0.4 is 10.2 Å². The Hall–Kier alpha value is -2.31. The minimum atomic E-state index is -0.340. The van der Waals surface area contributed by atoms with Gasteiger partial charge in [0.1, 0.15) is 12.3 Å². The highest BCUT2D eigenvalue weighted by Crippen LogP contribution is 2.23. The first-order valence-corrected chi connectivity index (χ1v) is 8.59. The van der Waals surface area contributed by atoms with Gasteiger partial charge in [0.05, 0.1) is 7.05 Å². The molecule has 7 heteroatoms. The number of urea groups is 1. The summed E-state index contributed by atoms with van der Waals surface area (Å²) in [6.45, 7) is 3.32. The van der Waals surface area contributed by atoms with Crippen LogP contribution in [0.15, 0.2) is 40.8 Å². The lowest BCUT2D eigenvalue weighted by atomic mass is 10.2. The van der Waals surface area contributed by atoms with Gasteiger partial charge in [-0.15, -0.1) is 0 Å².